The number of aromatic nitrogens is 2. The molecule has 2 aromatic carbocycles. The molecule has 2 amide bonds. The quantitative estimate of drug-likeness (QED) is 0.261. The lowest BCUT2D eigenvalue weighted by molar-refractivity contribution is -0.121. The van der Waals surface area contributed by atoms with E-state index in [2.05, 4.69) is 20.6 Å². The number of nitrogens with one attached hydrogen (secondary N) is 4. The van der Waals surface area contributed by atoms with E-state index in [0.717, 1.165) is 0 Å². The summed E-state index contributed by atoms with van der Waals surface area (Å²) in [7, 11) is 0. The van der Waals surface area contributed by atoms with E-state index in [1.54, 1.807) is 36.4 Å². The van der Waals surface area contributed by atoms with Crippen LogP contribution in [0.15, 0.2) is 48.8 Å². The van der Waals surface area contributed by atoms with Crippen molar-refractivity contribution in [3.8, 4) is 0 Å². The number of anilines is 2. The summed E-state index contributed by atoms with van der Waals surface area (Å²) in [6, 6.07) is 9.70. The number of carboxylic acid groups (broad SMARTS) is 2. The second-order valence-corrected chi connectivity index (χ2v) is 7.13. The highest BCUT2D eigenvalue weighted by Crippen LogP contribution is 2.24. The predicted molar refractivity (Wildman–Crippen MR) is 117 cm³/mol. The maximum absolute atomic E-state index is 12.2. The summed E-state index contributed by atoms with van der Waals surface area (Å²) >= 11 is 0. The van der Waals surface area contributed by atoms with E-state index in [4.69, 9.17) is 0 Å². The molecule has 0 bridgehead atoms. The van der Waals surface area contributed by atoms with Gasteiger partial charge in [-0.2, -0.15) is 0 Å². The molecule has 0 saturated carbocycles. The number of fused-ring (bicyclic) bond motifs is 2. The summed E-state index contributed by atoms with van der Waals surface area (Å²) < 4.78 is 0. The Morgan fingerprint density at radius 3 is 1.47 bits per heavy atom. The van der Waals surface area contributed by atoms with Gasteiger partial charge in [0.2, 0.25) is 11.8 Å². The van der Waals surface area contributed by atoms with Gasteiger partial charge in [-0.3, -0.25) is 9.59 Å². The van der Waals surface area contributed by atoms with Crippen molar-refractivity contribution in [1.29, 1.82) is 0 Å². The van der Waals surface area contributed by atoms with Gasteiger partial charge < -0.3 is 30.8 Å². The summed E-state index contributed by atoms with van der Waals surface area (Å²) in [5, 5.41) is 24.7. The molecule has 0 aliphatic rings. The summed E-state index contributed by atoms with van der Waals surface area (Å²) in [5.41, 5.74) is 2.30. The fraction of sp³-hybridized carbons (Fsp3) is 0.0909. The molecule has 2 heterocycles. The lowest BCUT2D eigenvalue weighted by Gasteiger charge is -2.07. The Balaban J connectivity index is 1.36. The molecular formula is C22H18N4O6. The number of carbonyl (C=O) groups excluding carboxylic acids is 2. The highest BCUT2D eigenvalue weighted by molar-refractivity contribution is 6.06. The number of aromatic amines is 2. The highest BCUT2D eigenvalue weighted by Gasteiger charge is 2.14. The van der Waals surface area contributed by atoms with Crippen LogP contribution in [0, 0.1) is 0 Å². The van der Waals surface area contributed by atoms with Crippen LogP contribution in [0.2, 0.25) is 0 Å². The van der Waals surface area contributed by atoms with E-state index < -0.39 is 23.8 Å². The average molecular weight is 434 g/mol. The number of hydrogen-bond donors (Lipinski definition) is 6. The number of carbonyl (C=O) groups is 4. The number of H-pyrrole nitrogens is 2. The highest BCUT2D eigenvalue weighted by atomic mass is 16.4. The van der Waals surface area contributed by atoms with Gasteiger partial charge in [0.05, 0.1) is 11.1 Å². The second kappa shape index (κ2) is 8.26. The average Bonchev–Trinajstić information content (AvgIpc) is 3.36. The van der Waals surface area contributed by atoms with Crippen molar-refractivity contribution < 1.29 is 29.4 Å². The molecule has 0 radical (unpaired) electrons. The monoisotopic (exact) mass is 434 g/mol. The number of benzene rings is 2. The summed E-state index contributed by atoms with van der Waals surface area (Å²) in [4.78, 5) is 52.7. The number of aromatic carboxylic acids is 2. The fourth-order valence-electron chi connectivity index (χ4n) is 3.42. The van der Waals surface area contributed by atoms with Crippen molar-refractivity contribution in [3.63, 3.8) is 0 Å². The van der Waals surface area contributed by atoms with Gasteiger partial charge in [-0.15, -0.1) is 0 Å². The van der Waals surface area contributed by atoms with Gasteiger partial charge in [-0.1, -0.05) is 0 Å². The Morgan fingerprint density at radius 1 is 0.688 bits per heavy atom. The molecule has 10 nitrogen and oxygen atoms in total. The van der Waals surface area contributed by atoms with Crippen molar-refractivity contribution in [2.45, 2.75) is 12.8 Å². The third kappa shape index (κ3) is 4.15. The molecule has 0 fully saturated rings. The minimum Gasteiger partial charge on any atom is -0.478 e. The lowest BCUT2D eigenvalue weighted by atomic mass is 10.1. The van der Waals surface area contributed by atoms with Crippen molar-refractivity contribution in [3.05, 3.63) is 59.9 Å². The predicted octanol–water partition coefficient (Wildman–Crippen LogP) is 3.40. The molecule has 162 valence electrons. The number of rotatable bonds is 7. The van der Waals surface area contributed by atoms with Crippen LogP contribution in [0.1, 0.15) is 33.6 Å². The Labute approximate surface area is 180 Å². The maximum Gasteiger partial charge on any atom is 0.337 e. The second-order valence-electron chi connectivity index (χ2n) is 7.13. The molecule has 0 saturated heterocycles. The molecule has 6 N–H and O–H groups in total. The Hall–Kier alpha value is -4.60. The van der Waals surface area contributed by atoms with Crippen LogP contribution in [0.5, 0.6) is 0 Å². The number of hydrogen-bond acceptors (Lipinski definition) is 4. The normalized spacial score (nSPS) is 10.9. The third-order valence-electron chi connectivity index (χ3n) is 4.97. The minimum atomic E-state index is -1.08. The molecule has 0 aliphatic carbocycles. The van der Waals surface area contributed by atoms with Gasteiger partial charge in [-0.05, 0) is 36.4 Å². The molecule has 0 atom stereocenters. The smallest absolute Gasteiger partial charge is 0.337 e. The standard InChI is InChI=1S/C22H18N4O6/c27-19(25-11-1-3-17-13(7-11)15(9-23-17)21(29)30)5-6-20(28)26-12-2-4-18-14(8-12)16(10-24-18)22(31)32/h1-4,7-10,23-24H,5-6H2,(H,25,27)(H,26,28)(H,29,30)(H,31,32). The van der Waals surface area contributed by atoms with Gasteiger partial charge >= 0.3 is 11.9 Å². The first kappa shape index (κ1) is 20.7. The SMILES string of the molecule is O=C(CCC(=O)Nc1ccc2[nH]cc(C(=O)O)c2c1)Nc1ccc2[nH]cc(C(=O)O)c2c1. The first-order chi connectivity index (χ1) is 15.3. The van der Waals surface area contributed by atoms with Gasteiger partial charge in [0, 0.05) is 58.4 Å². The van der Waals surface area contributed by atoms with E-state index in [1.165, 1.54) is 12.4 Å². The van der Waals surface area contributed by atoms with Gasteiger partial charge in [0.1, 0.15) is 0 Å². The molecule has 0 spiro atoms. The molecule has 2 aromatic heterocycles. The topological polar surface area (TPSA) is 164 Å². The van der Waals surface area contributed by atoms with E-state index >= 15 is 0 Å². The summed E-state index contributed by atoms with van der Waals surface area (Å²) in [5.74, 6) is -2.96. The molecule has 4 aromatic rings. The maximum atomic E-state index is 12.2. The van der Waals surface area contributed by atoms with Gasteiger partial charge in [0.25, 0.3) is 0 Å². The zero-order valence-electron chi connectivity index (χ0n) is 16.6. The Bertz CT molecular complexity index is 1280. The van der Waals surface area contributed by atoms with Crippen molar-refractivity contribution in [2.75, 3.05) is 10.6 Å². The van der Waals surface area contributed by atoms with Crippen LogP contribution in [-0.4, -0.2) is 43.9 Å². The van der Waals surface area contributed by atoms with Crippen LogP contribution in [0.4, 0.5) is 11.4 Å². The summed E-state index contributed by atoms with van der Waals surface area (Å²) in [6.45, 7) is 0. The molecule has 10 heteroatoms. The van der Waals surface area contributed by atoms with E-state index in [-0.39, 0.29) is 24.0 Å². The van der Waals surface area contributed by atoms with E-state index in [9.17, 15) is 29.4 Å². The Morgan fingerprint density at radius 2 is 1.09 bits per heavy atom. The van der Waals surface area contributed by atoms with Gasteiger partial charge in [0.15, 0.2) is 0 Å². The van der Waals surface area contributed by atoms with E-state index in [0.29, 0.717) is 33.2 Å². The molecule has 4 rings (SSSR count). The first-order valence-electron chi connectivity index (χ1n) is 9.60. The van der Waals surface area contributed by atoms with Crippen molar-refractivity contribution in [1.82, 2.24) is 9.97 Å². The molecule has 0 unspecified atom stereocenters. The van der Waals surface area contributed by atoms with E-state index in [1.807, 2.05) is 0 Å². The van der Waals surface area contributed by atoms with Crippen molar-refractivity contribution >= 4 is 56.9 Å². The fourth-order valence-corrected chi connectivity index (χ4v) is 3.42. The third-order valence-corrected chi connectivity index (χ3v) is 4.97. The van der Waals surface area contributed by atoms with Crippen LogP contribution >= 0.6 is 0 Å². The lowest BCUT2D eigenvalue weighted by Crippen LogP contribution is -2.17. The molecular weight excluding hydrogens is 416 g/mol. The molecule has 0 aliphatic heterocycles. The molecule has 32 heavy (non-hydrogen) atoms. The van der Waals surface area contributed by atoms with Gasteiger partial charge in [-0.25, -0.2) is 9.59 Å². The Kier molecular flexibility index (Phi) is 5.34. The zero-order valence-corrected chi connectivity index (χ0v) is 16.6. The van der Waals surface area contributed by atoms with Crippen LogP contribution in [-0.2, 0) is 9.59 Å². The number of carboxylic acids is 2. The minimum absolute atomic E-state index is 0.0877. The first-order valence-corrected chi connectivity index (χ1v) is 9.60. The van der Waals surface area contributed by atoms with Crippen LogP contribution < -0.4 is 10.6 Å². The van der Waals surface area contributed by atoms with Crippen LogP contribution in [0.25, 0.3) is 21.8 Å². The summed E-state index contributed by atoms with van der Waals surface area (Å²) in [6.07, 6.45) is 2.59. The van der Waals surface area contributed by atoms with Crippen molar-refractivity contribution in [2.24, 2.45) is 0 Å². The largest absolute Gasteiger partial charge is 0.478 e. The zero-order chi connectivity index (χ0) is 22.8. The number of amides is 2. The van der Waals surface area contributed by atoms with Crippen LogP contribution in [0.3, 0.4) is 0 Å².